The Kier molecular flexibility index (Phi) is 5.61. The van der Waals surface area contributed by atoms with Gasteiger partial charge in [-0.25, -0.2) is 13.6 Å². The van der Waals surface area contributed by atoms with Crippen LogP contribution in [0.4, 0.5) is 25.0 Å². The molecule has 0 saturated carbocycles. The molecule has 1 aromatic rings. The molecule has 7 nitrogen and oxygen atoms in total. The van der Waals surface area contributed by atoms with E-state index in [9.17, 15) is 23.7 Å². The van der Waals surface area contributed by atoms with Crippen LogP contribution < -0.4 is 10.1 Å². The van der Waals surface area contributed by atoms with Crippen molar-refractivity contribution < 1.29 is 28.0 Å². The molecule has 0 heterocycles. The number of carbonyl (C=O) groups is 1. The molecule has 0 spiro atoms. The number of nitrogens with zero attached hydrogens (tertiary/aromatic N) is 1. The number of halogens is 2. The second kappa shape index (κ2) is 7.01. The largest absolute Gasteiger partial charge is 0.487 e. The molecular formula is C13H16F2N2O5. The van der Waals surface area contributed by atoms with Crippen LogP contribution in [-0.4, -0.2) is 29.6 Å². The molecule has 0 fully saturated rings. The number of hydrogen-bond donors (Lipinski definition) is 1. The lowest BCUT2D eigenvalue weighted by molar-refractivity contribution is -0.384. The van der Waals surface area contributed by atoms with E-state index >= 15 is 0 Å². The summed E-state index contributed by atoms with van der Waals surface area (Å²) >= 11 is 0. The van der Waals surface area contributed by atoms with Gasteiger partial charge in [0, 0.05) is 12.1 Å². The summed E-state index contributed by atoms with van der Waals surface area (Å²) in [4.78, 5) is 21.7. The normalized spacial score (nSPS) is 11.2. The Bertz CT molecular complexity index is 558. The lowest BCUT2D eigenvalue weighted by Gasteiger charge is -2.19. The van der Waals surface area contributed by atoms with Crippen LogP contribution in [0.2, 0.25) is 0 Å². The summed E-state index contributed by atoms with van der Waals surface area (Å²) in [5, 5.41) is 13.1. The summed E-state index contributed by atoms with van der Waals surface area (Å²) in [7, 11) is 0. The van der Waals surface area contributed by atoms with Gasteiger partial charge in [0.25, 0.3) is 12.1 Å². The van der Waals surface area contributed by atoms with E-state index < -0.39 is 35.3 Å². The first-order valence-electron chi connectivity index (χ1n) is 6.27. The van der Waals surface area contributed by atoms with E-state index in [-0.39, 0.29) is 11.4 Å². The van der Waals surface area contributed by atoms with Crippen molar-refractivity contribution in [1.82, 2.24) is 0 Å². The summed E-state index contributed by atoms with van der Waals surface area (Å²) in [5.74, 6) is -0.152. The molecule has 0 atom stereocenters. The summed E-state index contributed by atoms with van der Waals surface area (Å²) in [6, 6.07) is 3.25. The van der Waals surface area contributed by atoms with Crippen LogP contribution in [0.25, 0.3) is 0 Å². The number of nitro groups is 1. The van der Waals surface area contributed by atoms with E-state index in [0.29, 0.717) is 0 Å². The molecule has 1 N–H and O–H groups in total. The Hall–Kier alpha value is -2.45. The third kappa shape index (κ3) is 6.33. The van der Waals surface area contributed by atoms with Crippen molar-refractivity contribution >= 4 is 17.5 Å². The zero-order valence-electron chi connectivity index (χ0n) is 12.3. The summed E-state index contributed by atoms with van der Waals surface area (Å²) < 4.78 is 34.0. The molecular weight excluding hydrogens is 302 g/mol. The second-order valence-corrected chi connectivity index (χ2v) is 5.30. The topological polar surface area (TPSA) is 90.7 Å². The minimum atomic E-state index is -2.72. The van der Waals surface area contributed by atoms with E-state index in [4.69, 9.17) is 9.47 Å². The molecule has 0 bridgehead atoms. The van der Waals surface area contributed by atoms with Crippen LogP contribution in [0, 0.1) is 10.1 Å². The predicted octanol–water partition coefficient (Wildman–Crippen LogP) is 3.59. The van der Waals surface area contributed by atoms with Crippen molar-refractivity contribution in [2.75, 3.05) is 11.9 Å². The number of rotatable bonds is 5. The third-order valence-corrected chi connectivity index (χ3v) is 2.12. The average molecular weight is 318 g/mol. The van der Waals surface area contributed by atoms with Gasteiger partial charge in [-0.15, -0.1) is 0 Å². The molecule has 0 aliphatic carbocycles. The first-order valence-corrected chi connectivity index (χ1v) is 6.27. The summed E-state index contributed by atoms with van der Waals surface area (Å²) in [6.07, 6.45) is -3.55. The number of non-ortho nitro benzene ring substituents is 1. The van der Waals surface area contributed by atoms with Gasteiger partial charge in [-0.05, 0) is 20.8 Å². The fraction of sp³-hybridized carbons (Fsp3) is 0.462. The highest BCUT2D eigenvalue weighted by atomic mass is 19.3. The maximum absolute atomic E-state index is 12.1. The lowest BCUT2D eigenvalue weighted by Crippen LogP contribution is -2.27. The average Bonchev–Trinajstić information content (AvgIpc) is 2.33. The van der Waals surface area contributed by atoms with Crippen LogP contribution in [-0.2, 0) is 4.74 Å². The van der Waals surface area contributed by atoms with Gasteiger partial charge in [0.05, 0.1) is 16.7 Å². The summed E-state index contributed by atoms with van der Waals surface area (Å²) in [6.45, 7) is 4.04. The fourth-order valence-electron chi connectivity index (χ4n) is 1.42. The number of anilines is 1. The molecule has 1 rings (SSSR count). The number of carbonyl (C=O) groups excluding carboxylic acids is 1. The van der Waals surface area contributed by atoms with Crippen LogP contribution >= 0.6 is 0 Å². The Morgan fingerprint density at radius 3 is 2.50 bits per heavy atom. The molecule has 0 radical (unpaired) electrons. The van der Waals surface area contributed by atoms with Crippen LogP contribution in [0.5, 0.6) is 5.75 Å². The van der Waals surface area contributed by atoms with Gasteiger partial charge in [0.1, 0.15) is 18.0 Å². The minimum absolute atomic E-state index is 0.00714. The standard InChI is InChI=1S/C13H16F2N2O5/c1-13(2,3)22-12(18)16-8-4-9(17(19)20)6-10(5-8)21-7-11(14)15/h4-6,11H,7H2,1-3H3,(H,16,18). The van der Waals surface area contributed by atoms with E-state index in [1.165, 1.54) is 6.07 Å². The number of benzene rings is 1. The quantitative estimate of drug-likeness (QED) is 0.662. The fourth-order valence-corrected chi connectivity index (χ4v) is 1.42. The van der Waals surface area contributed by atoms with Crippen molar-refractivity contribution in [3.8, 4) is 5.75 Å². The SMILES string of the molecule is CC(C)(C)OC(=O)Nc1cc(OCC(F)F)cc([N+](=O)[O-])c1. The van der Waals surface area contributed by atoms with Crippen LogP contribution in [0.1, 0.15) is 20.8 Å². The maximum atomic E-state index is 12.1. The van der Waals surface area contributed by atoms with Crippen LogP contribution in [0.15, 0.2) is 18.2 Å². The van der Waals surface area contributed by atoms with E-state index in [1.54, 1.807) is 20.8 Å². The van der Waals surface area contributed by atoms with Gasteiger partial charge in [-0.1, -0.05) is 0 Å². The number of nitrogens with one attached hydrogen (secondary N) is 1. The van der Waals surface area contributed by atoms with Gasteiger partial charge < -0.3 is 9.47 Å². The smallest absolute Gasteiger partial charge is 0.412 e. The van der Waals surface area contributed by atoms with Crippen molar-refractivity contribution in [2.45, 2.75) is 32.8 Å². The molecule has 0 aliphatic heterocycles. The molecule has 0 aromatic heterocycles. The Balaban J connectivity index is 2.93. The van der Waals surface area contributed by atoms with Crippen molar-refractivity contribution in [3.05, 3.63) is 28.3 Å². The van der Waals surface area contributed by atoms with Crippen molar-refractivity contribution in [2.24, 2.45) is 0 Å². The van der Waals surface area contributed by atoms with Crippen LogP contribution in [0.3, 0.4) is 0 Å². The van der Waals surface area contributed by atoms with Gasteiger partial charge >= 0.3 is 6.09 Å². The highest BCUT2D eigenvalue weighted by molar-refractivity contribution is 5.85. The first kappa shape index (κ1) is 17.6. The third-order valence-electron chi connectivity index (χ3n) is 2.12. The molecule has 0 unspecified atom stereocenters. The van der Waals surface area contributed by atoms with E-state index in [1.807, 2.05) is 0 Å². The molecule has 1 aromatic carbocycles. The van der Waals surface area contributed by atoms with Crippen molar-refractivity contribution in [1.29, 1.82) is 0 Å². The molecule has 9 heteroatoms. The maximum Gasteiger partial charge on any atom is 0.412 e. The van der Waals surface area contributed by atoms with Crippen molar-refractivity contribution in [3.63, 3.8) is 0 Å². The number of ether oxygens (including phenoxy) is 2. The number of hydrogen-bond acceptors (Lipinski definition) is 5. The predicted molar refractivity (Wildman–Crippen MR) is 74.5 cm³/mol. The zero-order valence-corrected chi connectivity index (χ0v) is 12.3. The van der Waals surface area contributed by atoms with E-state index in [2.05, 4.69) is 5.32 Å². The molecule has 122 valence electrons. The molecule has 0 aliphatic rings. The second-order valence-electron chi connectivity index (χ2n) is 5.30. The highest BCUT2D eigenvalue weighted by Gasteiger charge is 2.18. The monoisotopic (exact) mass is 318 g/mol. The van der Waals surface area contributed by atoms with Gasteiger partial charge in [-0.2, -0.15) is 0 Å². The van der Waals surface area contributed by atoms with Gasteiger partial charge in [0.2, 0.25) is 0 Å². The first-order chi connectivity index (χ1) is 10.1. The Morgan fingerprint density at radius 2 is 2.00 bits per heavy atom. The van der Waals surface area contributed by atoms with E-state index in [0.717, 1.165) is 12.1 Å². The number of nitro benzene ring substituents is 1. The Labute approximate surface area is 125 Å². The highest BCUT2D eigenvalue weighted by Crippen LogP contribution is 2.26. The lowest BCUT2D eigenvalue weighted by atomic mass is 10.2. The van der Waals surface area contributed by atoms with Gasteiger partial charge in [-0.3, -0.25) is 15.4 Å². The zero-order chi connectivity index (χ0) is 16.9. The van der Waals surface area contributed by atoms with Gasteiger partial charge in [0.15, 0.2) is 0 Å². The molecule has 0 saturated heterocycles. The molecule has 1 amide bonds. The summed E-state index contributed by atoms with van der Waals surface area (Å²) in [5.41, 5.74) is -1.15. The minimum Gasteiger partial charge on any atom is -0.487 e. The number of amides is 1. The number of alkyl halides is 2. The molecule has 22 heavy (non-hydrogen) atoms. The Morgan fingerprint density at radius 1 is 1.36 bits per heavy atom.